The van der Waals surface area contributed by atoms with Gasteiger partial charge in [0.15, 0.2) is 5.82 Å². The molecule has 0 radical (unpaired) electrons. The maximum Gasteiger partial charge on any atom is 0.250 e. The lowest BCUT2D eigenvalue weighted by molar-refractivity contribution is 0.306. The quantitative estimate of drug-likeness (QED) is 0.663. The van der Waals surface area contributed by atoms with E-state index in [9.17, 15) is 0 Å². The van der Waals surface area contributed by atoms with Gasteiger partial charge in [-0.25, -0.2) is 0 Å². The van der Waals surface area contributed by atoms with Crippen molar-refractivity contribution in [3.05, 3.63) is 71.6 Å². The van der Waals surface area contributed by atoms with Crippen LogP contribution in [-0.4, -0.2) is 15.1 Å². The Morgan fingerprint density at radius 3 is 2.61 bits per heavy atom. The molecule has 2 aromatic heterocycles. The second-order valence-corrected chi connectivity index (χ2v) is 6.87. The molecular formula is C21H23ClN4O2. The molecule has 3 aromatic rings. The molecule has 0 unspecified atom stereocenters. The number of ether oxygens (including phenoxy) is 1. The molecule has 7 heteroatoms. The van der Waals surface area contributed by atoms with Gasteiger partial charge in [0.1, 0.15) is 12.4 Å². The molecule has 2 heterocycles. The average Bonchev–Trinajstić information content (AvgIpc) is 3.37. The van der Waals surface area contributed by atoms with Crippen molar-refractivity contribution in [3.63, 3.8) is 0 Å². The molecule has 0 amide bonds. The first-order chi connectivity index (χ1) is 13.2. The van der Waals surface area contributed by atoms with Gasteiger partial charge in [-0.1, -0.05) is 36.2 Å². The first kappa shape index (κ1) is 20.0. The van der Waals surface area contributed by atoms with E-state index in [1.165, 1.54) is 0 Å². The Hall–Kier alpha value is -2.70. The summed E-state index contributed by atoms with van der Waals surface area (Å²) in [4.78, 5) is 8.52. The minimum atomic E-state index is -0.428. The molecule has 0 spiro atoms. The van der Waals surface area contributed by atoms with Gasteiger partial charge >= 0.3 is 0 Å². The van der Waals surface area contributed by atoms with E-state index in [0.29, 0.717) is 18.3 Å². The van der Waals surface area contributed by atoms with Gasteiger partial charge in [-0.05, 0) is 42.7 Å². The fraction of sp³-hybridized carbons (Fsp3) is 0.286. The number of halogens is 1. The summed E-state index contributed by atoms with van der Waals surface area (Å²) in [5, 5.41) is 4.06. The van der Waals surface area contributed by atoms with Gasteiger partial charge < -0.3 is 15.0 Å². The molecule has 1 aromatic carbocycles. The lowest BCUT2D eigenvalue weighted by atomic mass is 9.99. The SMILES string of the molecule is Cl.NC1(c2noc(/C=C/c3ccc(OCc4cccnc4)cc3)n2)CCCC1. The molecule has 28 heavy (non-hydrogen) atoms. The number of nitrogens with two attached hydrogens (primary N) is 1. The monoisotopic (exact) mass is 398 g/mol. The summed E-state index contributed by atoms with van der Waals surface area (Å²) in [6.45, 7) is 0.495. The summed E-state index contributed by atoms with van der Waals surface area (Å²) in [5.74, 6) is 1.89. The van der Waals surface area contributed by atoms with Gasteiger partial charge in [0.05, 0.1) is 5.54 Å². The van der Waals surface area contributed by atoms with Gasteiger partial charge in [-0.2, -0.15) is 4.98 Å². The highest BCUT2D eigenvalue weighted by molar-refractivity contribution is 5.85. The van der Waals surface area contributed by atoms with Crippen LogP contribution in [0.1, 0.15) is 48.5 Å². The Bertz CT molecular complexity index is 904. The second kappa shape index (κ2) is 8.99. The van der Waals surface area contributed by atoms with E-state index in [0.717, 1.165) is 42.6 Å². The molecule has 4 rings (SSSR count). The maximum absolute atomic E-state index is 6.36. The summed E-state index contributed by atoms with van der Waals surface area (Å²) in [7, 11) is 0. The number of pyridine rings is 1. The van der Waals surface area contributed by atoms with Crippen LogP contribution in [0, 0.1) is 0 Å². The number of hydrogen-bond donors (Lipinski definition) is 1. The lowest BCUT2D eigenvalue weighted by Crippen LogP contribution is -2.34. The topological polar surface area (TPSA) is 87.1 Å². The molecule has 0 aliphatic heterocycles. The van der Waals surface area contributed by atoms with Crippen LogP contribution in [0.15, 0.2) is 53.3 Å². The van der Waals surface area contributed by atoms with E-state index in [1.807, 2.05) is 42.5 Å². The zero-order chi connectivity index (χ0) is 18.5. The van der Waals surface area contributed by atoms with E-state index < -0.39 is 5.54 Å². The fourth-order valence-corrected chi connectivity index (χ4v) is 3.23. The van der Waals surface area contributed by atoms with Crippen molar-refractivity contribution in [2.45, 2.75) is 37.8 Å². The molecule has 0 atom stereocenters. The van der Waals surface area contributed by atoms with E-state index in [-0.39, 0.29) is 12.4 Å². The van der Waals surface area contributed by atoms with Gasteiger partial charge in [0.25, 0.3) is 5.89 Å². The molecule has 6 nitrogen and oxygen atoms in total. The van der Waals surface area contributed by atoms with Crippen LogP contribution >= 0.6 is 12.4 Å². The van der Waals surface area contributed by atoms with Crippen LogP contribution in [0.4, 0.5) is 0 Å². The van der Waals surface area contributed by atoms with Crippen LogP contribution in [0.5, 0.6) is 5.75 Å². The minimum Gasteiger partial charge on any atom is -0.489 e. The molecular weight excluding hydrogens is 376 g/mol. The Kier molecular flexibility index (Phi) is 6.44. The van der Waals surface area contributed by atoms with E-state index in [1.54, 1.807) is 18.5 Å². The predicted molar refractivity (Wildman–Crippen MR) is 110 cm³/mol. The normalized spacial score (nSPS) is 15.5. The van der Waals surface area contributed by atoms with Crippen LogP contribution in [-0.2, 0) is 12.1 Å². The first-order valence-corrected chi connectivity index (χ1v) is 9.14. The number of hydrogen-bond acceptors (Lipinski definition) is 6. The first-order valence-electron chi connectivity index (χ1n) is 9.14. The van der Waals surface area contributed by atoms with Crippen molar-refractivity contribution in [1.29, 1.82) is 0 Å². The average molecular weight is 399 g/mol. The Balaban J connectivity index is 0.00000225. The van der Waals surface area contributed by atoms with Crippen LogP contribution < -0.4 is 10.5 Å². The van der Waals surface area contributed by atoms with Crippen LogP contribution in [0.25, 0.3) is 12.2 Å². The number of aromatic nitrogens is 3. The van der Waals surface area contributed by atoms with Crippen molar-refractivity contribution < 1.29 is 9.26 Å². The predicted octanol–water partition coefficient (Wildman–Crippen LogP) is 4.36. The Morgan fingerprint density at radius 1 is 1.11 bits per heavy atom. The zero-order valence-electron chi connectivity index (χ0n) is 15.5. The van der Waals surface area contributed by atoms with Crippen molar-refractivity contribution in [2.24, 2.45) is 5.73 Å². The summed E-state index contributed by atoms with van der Waals surface area (Å²) >= 11 is 0. The third-order valence-electron chi connectivity index (χ3n) is 4.81. The molecule has 1 saturated carbocycles. The second-order valence-electron chi connectivity index (χ2n) is 6.87. The van der Waals surface area contributed by atoms with E-state index in [4.69, 9.17) is 15.0 Å². The van der Waals surface area contributed by atoms with E-state index in [2.05, 4.69) is 15.1 Å². The van der Waals surface area contributed by atoms with Gasteiger partial charge in [-0.3, -0.25) is 4.98 Å². The minimum absolute atomic E-state index is 0. The van der Waals surface area contributed by atoms with Gasteiger partial charge in [0.2, 0.25) is 0 Å². The number of nitrogens with zero attached hydrogens (tertiary/aromatic N) is 3. The molecule has 0 saturated heterocycles. The summed E-state index contributed by atoms with van der Waals surface area (Å²) in [6, 6.07) is 11.7. The molecule has 2 N–H and O–H groups in total. The van der Waals surface area contributed by atoms with E-state index >= 15 is 0 Å². The summed E-state index contributed by atoms with van der Waals surface area (Å²) in [5.41, 5.74) is 7.99. The largest absolute Gasteiger partial charge is 0.489 e. The molecule has 1 fully saturated rings. The summed E-state index contributed by atoms with van der Waals surface area (Å²) < 4.78 is 11.1. The maximum atomic E-state index is 6.36. The van der Waals surface area contributed by atoms with Gasteiger partial charge in [0, 0.05) is 24.0 Å². The fourth-order valence-electron chi connectivity index (χ4n) is 3.23. The van der Waals surface area contributed by atoms with Crippen molar-refractivity contribution >= 4 is 24.6 Å². The van der Waals surface area contributed by atoms with Crippen molar-refractivity contribution in [1.82, 2.24) is 15.1 Å². The van der Waals surface area contributed by atoms with Crippen molar-refractivity contribution in [2.75, 3.05) is 0 Å². The Labute approximate surface area is 170 Å². The third kappa shape index (κ3) is 4.77. The standard InChI is InChI=1S/C21H22N4O2.ClH/c22-21(11-1-2-12-21)20-24-19(27-25-20)10-7-16-5-8-18(9-6-16)26-15-17-4-3-13-23-14-17;/h3-10,13-14H,1-2,11-12,15,22H2;1H/b10-7+;. The number of rotatable bonds is 6. The van der Waals surface area contributed by atoms with Crippen LogP contribution in [0.3, 0.4) is 0 Å². The molecule has 0 bridgehead atoms. The summed E-state index contributed by atoms with van der Waals surface area (Å²) in [6.07, 6.45) is 11.3. The molecule has 1 aliphatic rings. The van der Waals surface area contributed by atoms with Crippen LogP contribution in [0.2, 0.25) is 0 Å². The van der Waals surface area contributed by atoms with Gasteiger partial charge in [-0.15, -0.1) is 12.4 Å². The number of benzene rings is 1. The third-order valence-corrected chi connectivity index (χ3v) is 4.81. The Morgan fingerprint density at radius 2 is 1.89 bits per heavy atom. The highest BCUT2D eigenvalue weighted by Gasteiger charge is 2.35. The highest BCUT2D eigenvalue weighted by Crippen LogP contribution is 2.34. The smallest absolute Gasteiger partial charge is 0.250 e. The van der Waals surface area contributed by atoms with Crippen molar-refractivity contribution in [3.8, 4) is 5.75 Å². The molecule has 1 aliphatic carbocycles. The lowest BCUT2D eigenvalue weighted by Gasteiger charge is -2.17. The highest BCUT2D eigenvalue weighted by atomic mass is 35.5. The zero-order valence-corrected chi connectivity index (χ0v) is 16.3. The molecule has 146 valence electrons.